The largest absolute Gasteiger partial charge is 0.469 e. The molecule has 0 heterocycles. The molecule has 0 aromatic carbocycles. The average Bonchev–Trinajstić information content (AvgIpc) is 3.33. The SMILES string of the molecule is COC(=O)C1CCCC1NC(=O)OC(C)(C)C.COC(=O)C1CCCC1NC(=O)OC(C)(C)C. The van der Waals surface area contributed by atoms with Gasteiger partial charge in [-0.2, -0.15) is 0 Å². The minimum atomic E-state index is -0.524. The van der Waals surface area contributed by atoms with Crippen LogP contribution in [0.3, 0.4) is 0 Å². The van der Waals surface area contributed by atoms with Gasteiger partial charge in [0.05, 0.1) is 26.1 Å². The van der Waals surface area contributed by atoms with Crippen molar-refractivity contribution in [1.82, 2.24) is 10.6 Å². The van der Waals surface area contributed by atoms with E-state index in [-0.39, 0.29) is 35.9 Å². The average molecular weight is 487 g/mol. The van der Waals surface area contributed by atoms with E-state index in [0.717, 1.165) is 38.5 Å². The highest BCUT2D eigenvalue weighted by atomic mass is 16.6. The Morgan fingerprint density at radius 3 is 1.21 bits per heavy atom. The van der Waals surface area contributed by atoms with Crippen molar-refractivity contribution in [3.8, 4) is 0 Å². The zero-order valence-corrected chi connectivity index (χ0v) is 21.8. The molecule has 2 aliphatic rings. The standard InChI is InChI=1S/2C12H21NO4/c2*1-12(2,3)17-11(15)13-9-7-5-6-8(9)10(14)16-4/h2*8-9H,5-7H2,1-4H3,(H,13,15). The zero-order chi connectivity index (χ0) is 26.1. The quantitative estimate of drug-likeness (QED) is 0.454. The van der Waals surface area contributed by atoms with Gasteiger partial charge in [0.25, 0.3) is 0 Å². The van der Waals surface area contributed by atoms with Crippen LogP contribution in [-0.4, -0.2) is 61.6 Å². The Balaban J connectivity index is 0.000000340. The maximum atomic E-state index is 11.6. The van der Waals surface area contributed by atoms with Gasteiger partial charge in [-0.05, 0) is 67.2 Å². The van der Waals surface area contributed by atoms with Gasteiger partial charge in [-0.25, -0.2) is 9.59 Å². The molecule has 0 radical (unpaired) electrons. The second kappa shape index (κ2) is 12.8. The third-order valence-electron chi connectivity index (χ3n) is 5.44. The van der Waals surface area contributed by atoms with Gasteiger partial charge in [0.1, 0.15) is 11.2 Å². The van der Waals surface area contributed by atoms with Crippen molar-refractivity contribution >= 4 is 24.1 Å². The molecular weight excluding hydrogens is 444 g/mol. The second-order valence-electron chi connectivity index (χ2n) is 10.6. The first-order valence-electron chi connectivity index (χ1n) is 11.8. The number of ether oxygens (including phenoxy) is 4. The van der Waals surface area contributed by atoms with E-state index < -0.39 is 23.4 Å². The fraction of sp³-hybridized carbons (Fsp3) is 0.833. The van der Waals surface area contributed by atoms with Crippen molar-refractivity contribution < 1.29 is 38.1 Å². The molecule has 0 aliphatic heterocycles. The van der Waals surface area contributed by atoms with Crippen LogP contribution in [-0.2, 0) is 28.5 Å². The van der Waals surface area contributed by atoms with E-state index in [2.05, 4.69) is 10.6 Å². The summed E-state index contributed by atoms with van der Waals surface area (Å²) >= 11 is 0. The van der Waals surface area contributed by atoms with Crippen molar-refractivity contribution in [2.75, 3.05) is 14.2 Å². The van der Waals surface area contributed by atoms with Crippen LogP contribution in [0.25, 0.3) is 0 Å². The molecule has 10 nitrogen and oxygen atoms in total. The number of carbonyl (C=O) groups excluding carboxylic acids is 4. The maximum Gasteiger partial charge on any atom is 0.407 e. The highest BCUT2D eigenvalue weighted by Gasteiger charge is 2.36. The summed E-state index contributed by atoms with van der Waals surface area (Å²) in [6, 6.07) is -0.338. The van der Waals surface area contributed by atoms with Crippen molar-refractivity contribution in [2.24, 2.45) is 11.8 Å². The normalized spacial score (nSPS) is 24.2. The van der Waals surface area contributed by atoms with Crippen LogP contribution < -0.4 is 10.6 Å². The summed E-state index contributed by atoms with van der Waals surface area (Å²) in [6.07, 6.45) is 3.98. The van der Waals surface area contributed by atoms with Crippen molar-refractivity contribution in [3.05, 3.63) is 0 Å². The molecule has 0 spiro atoms. The number of rotatable bonds is 4. The molecule has 0 bridgehead atoms. The third-order valence-corrected chi connectivity index (χ3v) is 5.44. The van der Waals surface area contributed by atoms with E-state index in [1.165, 1.54) is 14.2 Å². The molecule has 10 heteroatoms. The molecule has 4 unspecified atom stereocenters. The fourth-order valence-corrected chi connectivity index (χ4v) is 4.05. The van der Waals surface area contributed by atoms with Crippen LogP contribution in [0.2, 0.25) is 0 Å². The number of methoxy groups -OCH3 is 2. The number of nitrogens with one attached hydrogen (secondary N) is 2. The molecule has 2 saturated carbocycles. The Bertz CT molecular complexity index is 651. The summed E-state index contributed by atoms with van der Waals surface area (Å²) < 4.78 is 19.7. The minimum Gasteiger partial charge on any atom is -0.469 e. The summed E-state index contributed by atoms with van der Waals surface area (Å²) in [6.45, 7) is 10.8. The van der Waals surface area contributed by atoms with Gasteiger partial charge in [-0.3, -0.25) is 9.59 Å². The van der Waals surface area contributed by atoms with Gasteiger partial charge >= 0.3 is 24.1 Å². The predicted octanol–water partition coefficient (Wildman–Crippen LogP) is 3.71. The lowest BCUT2D eigenvalue weighted by Crippen LogP contribution is -2.43. The summed E-state index contributed by atoms with van der Waals surface area (Å²) in [5.74, 6) is -1.01. The van der Waals surface area contributed by atoms with Gasteiger partial charge in [0.2, 0.25) is 0 Å². The van der Waals surface area contributed by atoms with E-state index in [9.17, 15) is 19.2 Å². The van der Waals surface area contributed by atoms with Crippen LogP contribution >= 0.6 is 0 Å². The zero-order valence-electron chi connectivity index (χ0n) is 21.8. The summed E-state index contributed by atoms with van der Waals surface area (Å²) in [5.41, 5.74) is -1.05. The molecule has 0 aromatic heterocycles. The molecule has 34 heavy (non-hydrogen) atoms. The topological polar surface area (TPSA) is 129 Å². The number of amides is 2. The van der Waals surface area contributed by atoms with Crippen LogP contribution in [0, 0.1) is 11.8 Å². The van der Waals surface area contributed by atoms with Gasteiger partial charge in [-0.1, -0.05) is 12.8 Å². The summed E-state index contributed by atoms with van der Waals surface area (Å²) in [7, 11) is 2.73. The first-order chi connectivity index (χ1) is 15.7. The predicted molar refractivity (Wildman–Crippen MR) is 125 cm³/mol. The van der Waals surface area contributed by atoms with E-state index in [1.54, 1.807) is 41.5 Å². The van der Waals surface area contributed by atoms with E-state index in [1.807, 2.05) is 0 Å². The van der Waals surface area contributed by atoms with E-state index >= 15 is 0 Å². The second-order valence-corrected chi connectivity index (χ2v) is 10.6. The van der Waals surface area contributed by atoms with Crippen LogP contribution in [0.4, 0.5) is 9.59 Å². The Kier molecular flexibility index (Phi) is 11.1. The van der Waals surface area contributed by atoms with Crippen molar-refractivity contribution in [2.45, 2.75) is 103 Å². The fourth-order valence-electron chi connectivity index (χ4n) is 4.05. The molecule has 2 amide bonds. The number of carbonyl (C=O) groups is 4. The minimum absolute atomic E-state index is 0.169. The van der Waals surface area contributed by atoms with Crippen LogP contribution in [0.5, 0.6) is 0 Å². The van der Waals surface area contributed by atoms with Crippen molar-refractivity contribution in [1.29, 1.82) is 0 Å². The molecule has 2 rings (SSSR count). The molecule has 0 saturated heterocycles. The van der Waals surface area contributed by atoms with Gasteiger partial charge in [0, 0.05) is 12.1 Å². The van der Waals surface area contributed by atoms with Gasteiger partial charge in [0.15, 0.2) is 0 Å². The summed E-state index contributed by atoms with van der Waals surface area (Å²) in [4.78, 5) is 46.1. The highest BCUT2D eigenvalue weighted by Crippen LogP contribution is 2.28. The Morgan fingerprint density at radius 2 is 0.941 bits per heavy atom. The number of hydrogen-bond acceptors (Lipinski definition) is 8. The lowest BCUT2D eigenvalue weighted by Gasteiger charge is -2.23. The first kappa shape index (κ1) is 29.5. The molecule has 0 aromatic rings. The molecule has 4 atom stereocenters. The maximum absolute atomic E-state index is 11.6. The Hall–Kier alpha value is -2.52. The molecule has 196 valence electrons. The summed E-state index contributed by atoms with van der Waals surface area (Å²) in [5, 5.41) is 5.48. The first-order valence-corrected chi connectivity index (χ1v) is 11.8. The van der Waals surface area contributed by atoms with E-state index in [4.69, 9.17) is 18.9 Å². The Labute approximate surface area is 202 Å². The van der Waals surface area contributed by atoms with Crippen LogP contribution in [0.15, 0.2) is 0 Å². The molecule has 2 aliphatic carbocycles. The smallest absolute Gasteiger partial charge is 0.407 e. The van der Waals surface area contributed by atoms with Gasteiger partial charge < -0.3 is 29.6 Å². The molecular formula is C24H42N2O8. The third kappa shape index (κ3) is 10.6. The number of hydrogen-bond donors (Lipinski definition) is 2. The molecule has 2 N–H and O–H groups in total. The van der Waals surface area contributed by atoms with Gasteiger partial charge in [-0.15, -0.1) is 0 Å². The molecule has 2 fully saturated rings. The lowest BCUT2D eigenvalue weighted by atomic mass is 10.0. The monoisotopic (exact) mass is 486 g/mol. The van der Waals surface area contributed by atoms with E-state index in [0.29, 0.717) is 0 Å². The number of esters is 2. The lowest BCUT2D eigenvalue weighted by molar-refractivity contribution is -0.146. The number of alkyl carbamates (subject to hydrolysis) is 2. The Morgan fingerprint density at radius 1 is 0.618 bits per heavy atom. The van der Waals surface area contributed by atoms with Crippen molar-refractivity contribution in [3.63, 3.8) is 0 Å². The van der Waals surface area contributed by atoms with Crippen LogP contribution in [0.1, 0.15) is 80.1 Å². The highest BCUT2D eigenvalue weighted by molar-refractivity contribution is 5.76.